The average molecular weight is 661 g/mol. The highest BCUT2D eigenvalue weighted by molar-refractivity contribution is 5.70. The quantitative estimate of drug-likeness (QED) is 0.0512. The van der Waals surface area contributed by atoms with Crippen LogP contribution in [0.4, 0.5) is 0 Å². The van der Waals surface area contributed by atoms with Gasteiger partial charge in [0.1, 0.15) is 31.0 Å². The van der Waals surface area contributed by atoms with Gasteiger partial charge in [-0.3, -0.25) is 9.59 Å². The molecule has 4 N–H and O–H groups in total. The highest BCUT2D eigenvalue weighted by atomic mass is 16.7. The minimum Gasteiger partial charge on any atom is -0.462 e. The monoisotopic (exact) mass is 660 g/mol. The van der Waals surface area contributed by atoms with Crippen LogP contribution in [0.25, 0.3) is 0 Å². The third-order valence-corrected chi connectivity index (χ3v) is 8.74. The van der Waals surface area contributed by atoms with Gasteiger partial charge in [-0.05, 0) is 12.8 Å². The molecule has 0 spiro atoms. The molecule has 1 aliphatic heterocycles. The largest absolute Gasteiger partial charge is 0.462 e. The van der Waals surface area contributed by atoms with Crippen molar-refractivity contribution >= 4 is 11.9 Å². The highest BCUT2D eigenvalue weighted by Gasteiger charge is 2.44. The van der Waals surface area contributed by atoms with Crippen molar-refractivity contribution in [2.75, 3.05) is 19.8 Å². The Morgan fingerprint density at radius 3 is 1.48 bits per heavy atom. The molecule has 0 radical (unpaired) electrons. The Balaban J connectivity index is 2.42. The second-order valence-electron chi connectivity index (χ2n) is 13.0. The summed E-state index contributed by atoms with van der Waals surface area (Å²) in [5.41, 5.74) is 0. The van der Waals surface area contributed by atoms with Crippen LogP contribution in [0.5, 0.6) is 0 Å². The minimum absolute atomic E-state index is 0.210. The van der Waals surface area contributed by atoms with Crippen LogP contribution >= 0.6 is 0 Å². The molecule has 0 aromatic heterocycles. The van der Waals surface area contributed by atoms with Gasteiger partial charge in [0.15, 0.2) is 12.4 Å². The number of ether oxygens (including phenoxy) is 4. The molecule has 272 valence electrons. The number of aliphatic hydroxyl groups is 4. The lowest BCUT2D eigenvalue weighted by Crippen LogP contribution is -2.59. The number of hydrogen-bond acceptors (Lipinski definition) is 10. The molecule has 0 aromatic rings. The van der Waals surface area contributed by atoms with Gasteiger partial charge < -0.3 is 39.4 Å². The van der Waals surface area contributed by atoms with E-state index in [1.165, 1.54) is 89.9 Å². The van der Waals surface area contributed by atoms with Crippen molar-refractivity contribution in [3.8, 4) is 0 Å². The maximum absolute atomic E-state index is 12.6. The molecule has 1 saturated heterocycles. The maximum Gasteiger partial charge on any atom is 0.306 e. The summed E-state index contributed by atoms with van der Waals surface area (Å²) in [4.78, 5) is 25.0. The predicted octanol–water partition coefficient (Wildman–Crippen LogP) is 6.27. The number of aliphatic hydroxyl groups excluding tert-OH is 4. The number of esters is 2. The van der Waals surface area contributed by atoms with Crippen LogP contribution in [-0.4, -0.2) is 89.0 Å². The van der Waals surface area contributed by atoms with E-state index < -0.39 is 49.4 Å². The Bertz CT molecular complexity index is 734. The van der Waals surface area contributed by atoms with Gasteiger partial charge in [0, 0.05) is 12.8 Å². The first-order chi connectivity index (χ1) is 22.3. The molecule has 1 rings (SSSR count). The van der Waals surface area contributed by atoms with Crippen molar-refractivity contribution in [2.45, 2.75) is 198 Å². The molecule has 6 atom stereocenters. The average Bonchev–Trinajstić information content (AvgIpc) is 3.05. The summed E-state index contributed by atoms with van der Waals surface area (Å²) in [5.74, 6) is -0.803. The van der Waals surface area contributed by atoms with Crippen LogP contribution in [0.3, 0.4) is 0 Å². The summed E-state index contributed by atoms with van der Waals surface area (Å²) in [7, 11) is 0. The maximum atomic E-state index is 12.6. The Hall–Kier alpha value is -1.30. The summed E-state index contributed by atoms with van der Waals surface area (Å²) in [6.45, 7) is 3.38. The van der Waals surface area contributed by atoms with Gasteiger partial charge in [0.25, 0.3) is 0 Å². The molecule has 1 heterocycles. The first kappa shape index (κ1) is 42.7. The zero-order chi connectivity index (χ0) is 33.8. The van der Waals surface area contributed by atoms with Gasteiger partial charge in [-0.15, -0.1) is 0 Å². The second-order valence-corrected chi connectivity index (χ2v) is 13.0. The lowest BCUT2D eigenvalue weighted by molar-refractivity contribution is -0.305. The van der Waals surface area contributed by atoms with Crippen LogP contribution in [0, 0.1) is 0 Å². The van der Waals surface area contributed by atoms with Crippen molar-refractivity contribution in [2.24, 2.45) is 0 Å². The fraction of sp³-hybridized carbons (Fsp3) is 0.944. The summed E-state index contributed by atoms with van der Waals surface area (Å²) in [5, 5.41) is 39.8. The Labute approximate surface area is 278 Å². The molecule has 0 aromatic carbocycles. The van der Waals surface area contributed by atoms with E-state index in [0.29, 0.717) is 6.42 Å². The molecule has 0 saturated carbocycles. The second kappa shape index (κ2) is 28.7. The SMILES string of the molecule is CCCCCCCCCCCCCC(=O)OC(COC(=O)CCCCCCCCCCCC)COC1OC(CO)C(O)C(O)C1O. The van der Waals surface area contributed by atoms with Gasteiger partial charge >= 0.3 is 11.9 Å². The highest BCUT2D eigenvalue weighted by Crippen LogP contribution is 2.22. The third kappa shape index (κ3) is 20.8. The van der Waals surface area contributed by atoms with E-state index in [4.69, 9.17) is 18.9 Å². The molecule has 0 bridgehead atoms. The molecular weight excluding hydrogens is 592 g/mol. The smallest absolute Gasteiger partial charge is 0.306 e. The minimum atomic E-state index is -1.59. The van der Waals surface area contributed by atoms with E-state index >= 15 is 0 Å². The Morgan fingerprint density at radius 1 is 0.587 bits per heavy atom. The number of carbonyl (C=O) groups excluding carboxylic acids is 2. The molecular formula is C36H68O10. The molecule has 10 nitrogen and oxygen atoms in total. The van der Waals surface area contributed by atoms with Crippen LogP contribution in [0.1, 0.15) is 162 Å². The summed E-state index contributed by atoms with van der Waals surface area (Å²) in [6, 6.07) is 0. The summed E-state index contributed by atoms with van der Waals surface area (Å²) >= 11 is 0. The molecule has 6 unspecified atom stereocenters. The van der Waals surface area contributed by atoms with Gasteiger partial charge in [-0.1, -0.05) is 136 Å². The number of hydrogen-bond donors (Lipinski definition) is 4. The van der Waals surface area contributed by atoms with E-state index in [0.717, 1.165) is 38.5 Å². The first-order valence-corrected chi connectivity index (χ1v) is 18.6. The van der Waals surface area contributed by atoms with E-state index in [-0.39, 0.29) is 32.0 Å². The molecule has 1 aliphatic rings. The Morgan fingerprint density at radius 2 is 1.02 bits per heavy atom. The first-order valence-electron chi connectivity index (χ1n) is 18.6. The molecule has 10 heteroatoms. The van der Waals surface area contributed by atoms with Crippen LogP contribution in [0.2, 0.25) is 0 Å². The molecule has 46 heavy (non-hydrogen) atoms. The van der Waals surface area contributed by atoms with E-state index in [1.54, 1.807) is 0 Å². The van der Waals surface area contributed by atoms with Crippen molar-refractivity contribution in [3.05, 3.63) is 0 Å². The van der Waals surface area contributed by atoms with Gasteiger partial charge in [-0.2, -0.15) is 0 Å². The van der Waals surface area contributed by atoms with Crippen LogP contribution < -0.4 is 0 Å². The lowest BCUT2D eigenvalue weighted by Gasteiger charge is -2.39. The van der Waals surface area contributed by atoms with Crippen molar-refractivity contribution in [1.82, 2.24) is 0 Å². The fourth-order valence-electron chi connectivity index (χ4n) is 5.72. The normalized spacial score (nSPS) is 22.1. The molecule has 1 fully saturated rings. The van der Waals surface area contributed by atoms with Crippen LogP contribution in [-0.2, 0) is 28.5 Å². The number of unbranched alkanes of at least 4 members (excludes halogenated alkanes) is 19. The van der Waals surface area contributed by atoms with Gasteiger partial charge in [-0.25, -0.2) is 0 Å². The molecule has 0 aliphatic carbocycles. The Kier molecular flexibility index (Phi) is 26.6. The van der Waals surface area contributed by atoms with Crippen molar-refractivity contribution in [1.29, 1.82) is 0 Å². The van der Waals surface area contributed by atoms with E-state index in [1.807, 2.05) is 0 Å². The van der Waals surface area contributed by atoms with E-state index in [2.05, 4.69) is 13.8 Å². The zero-order valence-corrected chi connectivity index (χ0v) is 29.1. The molecule has 0 amide bonds. The topological polar surface area (TPSA) is 152 Å². The van der Waals surface area contributed by atoms with Crippen molar-refractivity contribution in [3.63, 3.8) is 0 Å². The third-order valence-electron chi connectivity index (χ3n) is 8.74. The fourth-order valence-corrected chi connectivity index (χ4v) is 5.72. The predicted molar refractivity (Wildman–Crippen MR) is 178 cm³/mol. The standard InChI is InChI=1S/C36H68O10/c1-3-5-7-9-11-13-15-17-19-21-23-25-32(39)45-29(28-44-36-35(42)34(41)33(40)30(26-37)46-36)27-43-31(38)24-22-20-18-16-14-12-10-8-6-4-2/h29-30,33-37,40-42H,3-28H2,1-2H3. The summed E-state index contributed by atoms with van der Waals surface area (Å²) < 4.78 is 22.0. The van der Waals surface area contributed by atoms with Crippen molar-refractivity contribution < 1.29 is 49.0 Å². The number of rotatable bonds is 30. The van der Waals surface area contributed by atoms with Gasteiger partial charge in [0.2, 0.25) is 0 Å². The lowest BCUT2D eigenvalue weighted by atomic mass is 9.99. The number of carbonyl (C=O) groups is 2. The van der Waals surface area contributed by atoms with Gasteiger partial charge in [0.05, 0.1) is 13.2 Å². The zero-order valence-electron chi connectivity index (χ0n) is 29.1. The van der Waals surface area contributed by atoms with Crippen LogP contribution in [0.15, 0.2) is 0 Å². The summed E-state index contributed by atoms with van der Waals surface area (Å²) in [6.07, 6.45) is 16.9. The van der Waals surface area contributed by atoms with E-state index in [9.17, 15) is 30.0 Å².